The molecule has 3 aromatic rings. The zero-order chi connectivity index (χ0) is 12.7. The van der Waals surface area contributed by atoms with Crippen molar-refractivity contribution in [2.24, 2.45) is 0 Å². The van der Waals surface area contributed by atoms with Gasteiger partial charge in [-0.2, -0.15) is 0 Å². The Morgan fingerprint density at radius 2 is 1.84 bits per heavy atom. The minimum atomic E-state index is 1.02. The van der Waals surface area contributed by atoms with Crippen LogP contribution in [0.15, 0.2) is 36.5 Å². The molecule has 0 radical (unpaired) electrons. The van der Waals surface area contributed by atoms with E-state index in [1.165, 1.54) is 16.3 Å². The number of hydrogen-bond acceptors (Lipinski definition) is 3. The lowest BCUT2D eigenvalue weighted by Crippen LogP contribution is -2.43. The van der Waals surface area contributed by atoms with Gasteiger partial charge < -0.3 is 15.2 Å². The monoisotopic (exact) mass is 252 g/mol. The third-order valence-electron chi connectivity index (χ3n) is 3.80. The molecule has 0 amide bonds. The number of H-pyrrole nitrogens is 1. The Balaban J connectivity index is 1.99. The van der Waals surface area contributed by atoms with Crippen molar-refractivity contribution in [2.75, 3.05) is 31.1 Å². The fourth-order valence-electron chi connectivity index (χ4n) is 2.85. The van der Waals surface area contributed by atoms with Crippen LogP contribution in [-0.2, 0) is 0 Å². The molecule has 19 heavy (non-hydrogen) atoms. The van der Waals surface area contributed by atoms with E-state index in [0.717, 1.165) is 37.5 Å². The number of nitrogens with one attached hydrogen (secondary N) is 2. The van der Waals surface area contributed by atoms with Crippen LogP contribution >= 0.6 is 0 Å². The molecule has 1 aliphatic rings. The molecule has 4 heteroatoms. The number of hydrogen-bond donors (Lipinski definition) is 2. The van der Waals surface area contributed by atoms with Crippen molar-refractivity contribution in [3.8, 4) is 0 Å². The molecule has 2 aromatic heterocycles. The lowest BCUT2D eigenvalue weighted by atomic mass is 10.1. The fraction of sp³-hybridized carbons (Fsp3) is 0.267. The van der Waals surface area contributed by atoms with Gasteiger partial charge in [-0.15, -0.1) is 0 Å². The van der Waals surface area contributed by atoms with E-state index in [-0.39, 0.29) is 0 Å². The van der Waals surface area contributed by atoms with Crippen LogP contribution in [0.3, 0.4) is 0 Å². The SMILES string of the molecule is c1ccc2c(c1)nc(N1CCNCC1)c1cc[nH]c12. The number of para-hydroxylation sites is 1. The first-order valence-corrected chi connectivity index (χ1v) is 6.75. The van der Waals surface area contributed by atoms with E-state index in [0.29, 0.717) is 0 Å². The summed E-state index contributed by atoms with van der Waals surface area (Å²) in [6.45, 7) is 4.10. The summed E-state index contributed by atoms with van der Waals surface area (Å²) in [4.78, 5) is 10.6. The van der Waals surface area contributed by atoms with Crippen LogP contribution in [0, 0.1) is 0 Å². The largest absolute Gasteiger partial charge is 0.361 e. The molecule has 2 N–H and O–H groups in total. The zero-order valence-corrected chi connectivity index (χ0v) is 10.7. The quantitative estimate of drug-likeness (QED) is 0.697. The molecular weight excluding hydrogens is 236 g/mol. The number of piperazine rings is 1. The standard InChI is InChI=1S/C15H16N4/c1-2-4-13-11(3-1)14-12(5-6-17-14)15(18-13)19-9-7-16-8-10-19/h1-6,16-17H,7-10H2. The predicted molar refractivity (Wildman–Crippen MR) is 78.7 cm³/mol. The minimum Gasteiger partial charge on any atom is -0.361 e. The Bertz CT molecular complexity index is 725. The fourth-order valence-corrected chi connectivity index (χ4v) is 2.85. The van der Waals surface area contributed by atoms with Gasteiger partial charge in [-0.05, 0) is 12.1 Å². The van der Waals surface area contributed by atoms with E-state index in [9.17, 15) is 0 Å². The number of fused-ring (bicyclic) bond motifs is 3. The smallest absolute Gasteiger partial charge is 0.138 e. The van der Waals surface area contributed by atoms with Crippen molar-refractivity contribution < 1.29 is 0 Å². The van der Waals surface area contributed by atoms with Crippen LogP contribution in [0.25, 0.3) is 21.8 Å². The van der Waals surface area contributed by atoms with E-state index in [1.54, 1.807) is 0 Å². The van der Waals surface area contributed by atoms with Crippen molar-refractivity contribution in [3.63, 3.8) is 0 Å². The Morgan fingerprint density at radius 3 is 2.74 bits per heavy atom. The number of nitrogens with zero attached hydrogens (tertiary/aromatic N) is 2. The average Bonchev–Trinajstić information content (AvgIpc) is 2.97. The van der Waals surface area contributed by atoms with Crippen LogP contribution in [0.2, 0.25) is 0 Å². The van der Waals surface area contributed by atoms with E-state index in [1.807, 2.05) is 12.3 Å². The summed E-state index contributed by atoms with van der Waals surface area (Å²) in [6, 6.07) is 10.5. The van der Waals surface area contributed by atoms with Gasteiger partial charge in [0.2, 0.25) is 0 Å². The molecule has 1 saturated heterocycles. The van der Waals surface area contributed by atoms with Gasteiger partial charge in [0, 0.05) is 43.1 Å². The molecule has 1 fully saturated rings. The number of aromatic nitrogens is 2. The topological polar surface area (TPSA) is 44.0 Å². The molecular formula is C15H16N4. The maximum absolute atomic E-state index is 4.88. The lowest BCUT2D eigenvalue weighted by molar-refractivity contribution is 0.587. The lowest BCUT2D eigenvalue weighted by Gasteiger charge is -2.29. The van der Waals surface area contributed by atoms with Crippen LogP contribution in [-0.4, -0.2) is 36.1 Å². The van der Waals surface area contributed by atoms with Crippen molar-refractivity contribution in [1.82, 2.24) is 15.3 Å². The number of aromatic amines is 1. The molecule has 1 aliphatic heterocycles. The van der Waals surface area contributed by atoms with Gasteiger partial charge in [0.15, 0.2) is 0 Å². The predicted octanol–water partition coefficient (Wildman–Crippen LogP) is 2.13. The second kappa shape index (κ2) is 4.24. The maximum atomic E-state index is 4.88. The number of rotatable bonds is 1. The summed E-state index contributed by atoms with van der Waals surface area (Å²) in [7, 11) is 0. The second-order valence-corrected chi connectivity index (χ2v) is 4.96. The Kier molecular flexibility index (Phi) is 2.42. The van der Waals surface area contributed by atoms with Gasteiger partial charge in [0.1, 0.15) is 5.82 Å². The van der Waals surface area contributed by atoms with E-state index in [2.05, 4.69) is 39.5 Å². The third-order valence-corrected chi connectivity index (χ3v) is 3.80. The van der Waals surface area contributed by atoms with Gasteiger partial charge in [-0.1, -0.05) is 18.2 Å². The summed E-state index contributed by atoms with van der Waals surface area (Å²) >= 11 is 0. The van der Waals surface area contributed by atoms with Gasteiger partial charge in [-0.25, -0.2) is 4.98 Å². The molecule has 4 rings (SSSR count). The van der Waals surface area contributed by atoms with Crippen LogP contribution in [0.5, 0.6) is 0 Å². The molecule has 0 bridgehead atoms. The van der Waals surface area contributed by atoms with Crippen molar-refractivity contribution in [2.45, 2.75) is 0 Å². The number of pyridine rings is 1. The molecule has 1 aromatic carbocycles. The van der Waals surface area contributed by atoms with Crippen LogP contribution in [0.4, 0.5) is 5.82 Å². The molecule has 96 valence electrons. The number of benzene rings is 1. The third kappa shape index (κ3) is 1.68. The summed E-state index contributed by atoms with van der Waals surface area (Å²) in [6.07, 6.45) is 2.00. The molecule has 0 atom stereocenters. The van der Waals surface area contributed by atoms with Crippen molar-refractivity contribution in [1.29, 1.82) is 0 Å². The highest BCUT2D eigenvalue weighted by Gasteiger charge is 2.16. The van der Waals surface area contributed by atoms with Crippen LogP contribution in [0.1, 0.15) is 0 Å². The molecule has 0 aliphatic carbocycles. The Labute approximate surface area is 111 Å². The van der Waals surface area contributed by atoms with E-state index < -0.39 is 0 Å². The van der Waals surface area contributed by atoms with Gasteiger partial charge in [0.25, 0.3) is 0 Å². The van der Waals surface area contributed by atoms with E-state index in [4.69, 9.17) is 4.98 Å². The summed E-state index contributed by atoms with van der Waals surface area (Å²) < 4.78 is 0. The highest BCUT2D eigenvalue weighted by Crippen LogP contribution is 2.30. The molecule has 3 heterocycles. The minimum absolute atomic E-state index is 1.02. The Hall–Kier alpha value is -2.07. The molecule has 4 nitrogen and oxygen atoms in total. The normalized spacial score (nSPS) is 16.3. The molecule has 0 unspecified atom stereocenters. The molecule has 0 saturated carbocycles. The summed E-state index contributed by atoms with van der Waals surface area (Å²) in [5, 5.41) is 5.80. The highest BCUT2D eigenvalue weighted by molar-refractivity contribution is 6.08. The van der Waals surface area contributed by atoms with Gasteiger partial charge >= 0.3 is 0 Å². The van der Waals surface area contributed by atoms with Crippen molar-refractivity contribution >= 4 is 27.6 Å². The summed E-state index contributed by atoms with van der Waals surface area (Å²) in [5.41, 5.74) is 2.25. The summed E-state index contributed by atoms with van der Waals surface area (Å²) in [5.74, 6) is 1.11. The van der Waals surface area contributed by atoms with E-state index >= 15 is 0 Å². The first-order chi connectivity index (χ1) is 9.43. The Morgan fingerprint density at radius 1 is 1.00 bits per heavy atom. The highest BCUT2D eigenvalue weighted by atomic mass is 15.2. The zero-order valence-electron chi connectivity index (χ0n) is 10.7. The number of anilines is 1. The average molecular weight is 252 g/mol. The van der Waals surface area contributed by atoms with Gasteiger partial charge in [-0.3, -0.25) is 0 Å². The first-order valence-electron chi connectivity index (χ1n) is 6.75. The maximum Gasteiger partial charge on any atom is 0.138 e. The first kappa shape index (κ1) is 10.8. The molecule has 0 spiro atoms. The van der Waals surface area contributed by atoms with Gasteiger partial charge in [0.05, 0.1) is 11.0 Å². The van der Waals surface area contributed by atoms with Crippen LogP contribution < -0.4 is 10.2 Å². The van der Waals surface area contributed by atoms with Crippen molar-refractivity contribution in [3.05, 3.63) is 36.5 Å². The second-order valence-electron chi connectivity index (χ2n) is 4.96.